The van der Waals surface area contributed by atoms with Gasteiger partial charge in [-0.25, -0.2) is 4.79 Å². The molecule has 2 heterocycles. The Morgan fingerprint density at radius 1 is 1.19 bits per heavy atom. The molecule has 1 aromatic carbocycles. The first-order chi connectivity index (χ1) is 12.5. The molecule has 0 unspecified atom stereocenters. The van der Waals surface area contributed by atoms with Gasteiger partial charge in [0.15, 0.2) is 0 Å². The summed E-state index contributed by atoms with van der Waals surface area (Å²) in [6.07, 6.45) is 1.45. The lowest BCUT2D eigenvalue weighted by Gasteiger charge is -2.09. The molecule has 7 heteroatoms. The van der Waals surface area contributed by atoms with Gasteiger partial charge >= 0.3 is 5.97 Å². The van der Waals surface area contributed by atoms with Gasteiger partial charge in [-0.15, -0.1) is 0 Å². The Hall–Kier alpha value is -3.84. The normalized spacial score (nSPS) is 10.3. The van der Waals surface area contributed by atoms with Crippen LogP contribution in [0.5, 0.6) is 0 Å². The summed E-state index contributed by atoms with van der Waals surface area (Å²) in [5.74, 6) is -1.02. The maximum Gasteiger partial charge on any atom is 0.338 e. The van der Waals surface area contributed by atoms with E-state index < -0.39 is 5.97 Å². The number of H-pyrrole nitrogens is 1. The quantitative estimate of drug-likeness (QED) is 0.753. The third kappa shape index (κ3) is 2.72. The molecule has 0 radical (unpaired) electrons. The number of nitriles is 2. The van der Waals surface area contributed by atoms with E-state index in [1.807, 2.05) is 11.5 Å². The molecule has 26 heavy (non-hydrogen) atoms. The third-order valence-electron chi connectivity index (χ3n) is 4.45. The Morgan fingerprint density at radius 2 is 1.88 bits per heavy atom. The molecule has 0 saturated carbocycles. The van der Waals surface area contributed by atoms with E-state index in [2.05, 4.69) is 22.3 Å². The van der Waals surface area contributed by atoms with Crippen molar-refractivity contribution >= 4 is 5.97 Å². The molecule has 128 valence electrons. The lowest BCUT2D eigenvalue weighted by Crippen LogP contribution is -2.07. The molecule has 2 N–H and O–H groups in total. The monoisotopic (exact) mass is 345 g/mol. The van der Waals surface area contributed by atoms with Crippen molar-refractivity contribution in [3.8, 4) is 23.3 Å². The summed E-state index contributed by atoms with van der Waals surface area (Å²) in [5.41, 5.74) is 4.46. The average Bonchev–Trinajstić information content (AvgIpc) is 3.19. The van der Waals surface area contributed by atoms with E-state index in [0.717, 1.165) is 11.3 Å². The summed E-state index contributed by atoms with van der Waals surface area (Å²) in [6, 6.07) is 10.9. The van der Waals surface area contributed by atoms with Crippen molar-refractivity contribution in [2.24, 2.45) is 0 Å². The smallest absolute Gasteiger partial charge is 0.338 e. The van der Waals surface area contributed by atoms with Crippen molar-refractivity contribution in [2.45, 2.75) is 20.4 Å². The Balaban J connectivity index is 2.17. The van der Waals surface area contributed by atoms with Gasteiger partial charge in [0.2, 0.25) is 0 Å². The van der Waals surface area contributed by atoms with Crippen LogP contribution in [0.3, 0.4) is 0 Å². The van der Waals surface area contributed by atoms with E-state index in [0.29, 0.717) is 34.6 Å². The number of aromatic amines is 1. The molecule has 3 rings (SSSR count). The van der Waals surface area contributed by atoms with Gasteiger partial charge in [-0.2, -0.15) is 15.6 Å². The van der Waals surface area contributed by atoms with Crippen LogP contribution in [-0.2, 0) is 6.54 Å². The van der Waals surface area contributed by atoms with Crippen molar-refractivity contribution in [1.82, 2.24) is 14.8 Å². The van der Waals surface area contributed by atoms with Gasteiger partial charge in [0.05, 0.1) is 41.2 Å². The number of rotatable bonds is 4. The van der Waals surface area contributed by atoms with Gasteiger partial charge in [0.25, 0.3) is 0 Å². The first kappa shape index (κ1) is 17.0. The van der Waals surface area contributed by atoms with Crippen molar-refractivity contribution in [3.63, 3.8) is 0 Å². The molecular formula is C19H15N5O2. The van der Waals surface area contributed by atoms with Crippen LogP contribution in [-0.4, -0.2) is 25.8 Å². The number of hydrogen-bond donors (Lipinski definition) is 2. The topological polar surface area (TPSA) is 118 Å². The molecule has 0 spiro atoms. The summed E-state index contributed by atoms with van der Waals surface area (Å²) in [7, 11) is 0. The maximum atomic E-state index is 11.9. The molecule has 7 nitrogen and oxygen atoms in total. The number of aromatic nitrogens is 3. The SMILES string of the molecule is Cc1c(C(=O)O)c(-c2ccc(C#N)cc2)c(C)n1Cc1[nH]ncc1C#N. The predicted molar refractivity (Wildman–Crippen MR) is 93.4 cm³/mol. The average molecular weight is 345 g/mol. The molecule has 0 atom stereocenters. The van der Waals surface area contributed by atoms with E-state index in [9.17, 15) is 9.90 Å². The van der Waals surface area contributed by atoms with Crippen molar-refractivity contribution in [2.75, 3.05) is 0 Å². The van der Waals surface area contributed by atoms with Crippen molar-refractivity contribution in [1.29, 1.82) is 10.5 Å². The van der Waals surface area contributed by atoms with Gasteiger partial charge < -0.3 is 9.67 Å². The molecule has 0 aliphatic heterocycles. The highest BCUT2D eigenvalue weighted by Gasteiger charge is 2.24. The van der Waals surface area contributed by atoms with E-state index in [1.165, 1.54) is 6.20 Å². The number of carbonyl (C=O) groups is 1. The van der Waals surface area contributed by atoms with Gasteiger partial charge in [0, 0.05) is 17.0 Å². The second-order valence-corrected chi connectivity index (χ2v) is 5.88. The van der Waals surface area contributed by atoms with Crippen molar-refractivity contribution in [3.05, 3.63) is 64.2 Å². The second kappa shape index (κ2) is 6.58. The Morgan fingerprint density at radius 3 is 2.46 bits per heavy atom. The lowest BCUT2D eigenvalue weighted by atomic mass is 9.99. The molecule has 0 amide bonds. The fourth-order valence-corrected chi connectivity index (χ4v) is 3.13. The van der Waals surface area contributed by atoms with Crippen LogP contribution in [0.2, 0.25) is 0 Å². The molecule has 2 aromatic heterocycles. The van der Waals surface area contributed by atoms with Crippen LogP contribution < -0.4 is 0 Å². The zero-order valence-corrected chi connectivity index (χ0v) is 14.2. The van der Waals surface area contributed by atoms with E-state index in [-0.39, 0.29) is 5.56 Å². The van der Waals surface area contributed by atoms with E-state index >= 15 is 0 Å². The summed E-state index contributed by atoms with van der Waals surface area (Å²) in [5, 5.41) is 34.5. The zero-order chi connectivity index (χ0) is 18.8. The van der Waals surface area contributed by atoms with Crippen LogP contribution in [0.4, 0.5) is 0 Å². The van der Waals surface area contributed by atoms with Crippen molar-refractivity contribution < 1.29 is 9.90 Å². The van der Waals surface area contributed by atoms with Crippen LogP contribution in [0.15, 0.2) is 30.5 Å². The minimum Gasteiger partial charge on any atom is -0.478 e. The van der Waals surface area contributed by atoms with E-state index in [4.69, 9.17) is 10.5 Å². The first-order valence-electron chi connectivity index (χ1n) is 7.83. The highest BCUT2D eigenvalue weighted by Crippen LogP contribution is 2.33. The predicted octanol–water partition coefficient (Wildman–Crippen LogP) is 2.98. The molecule has 0 aliphatic carbocycles. The maximum absolute atomic E-state index is 11.9. The molecule has 0 aliphatic rings. The summed E-state index contributed by atoms with van der Waals surface area (Å²) in [4.78, 5) is 11.9. The Kier molecular flexibility index (Phi) is 4.30. The van der Waals surface area contributed by atoms with Crippen LogP contribution in [0, 0.1) is 36.5 Å². The van der Waals surface area contributed by atoms with Gasteiger partial charge in [-0.1, -0.05) is 12.1 Å². The number of nitrogens with one attached hydrogen (secondary N) is 1. The molecular weight excluding hydrogens is 330 g/mol. The number of aromatic carboxylic acids is 1. The van der Waals surface area contributed by atoms with Crippen LogP contribution in [0.25, 0.3) is 11.1 Å². The van der Waals surface area contributed by atoms with Crippen LogP contribution >= 0.6 is 0 Å². The number of benzene rings is 1. The van der Waals surface area contributed by atoms with Gasteiger partial charge in [0.1, 0.15) is 6.07 Å². The van der Waals surface area contributed by atoms with E-state index in [1.54, 1.807) is 31.2 Å². The largest absolute Gasteiger partial charge is 0.478 e. The highest BCUT2D eigenvalue weighted by atomic mass is 16.4. The molecule has 3 aromatic rings. The first-order valence-corrected chi connectivity index (χ1v) is 7.83. The number of hydrogen-bond acceptors (Lipinski definition) is 4. The molecule has 0 bridgehead atoms. The number of carboxylic acid groups (broad SMARTS) is 1. The van der Waals surface area contributed by atoms with Crippen LogP contribution in [0.1, 0.15) is 38.6 Å². The summed E-state index contributed by atoms with van der Waals surface area (Å²) < 4.78 is 1.85. The second-order valence-electron chi connectivity index (χ2n) is 5.88. The zero-order valence-electron chi connectivity index (χ0n) is 14.2. The Bertz CT molecular complexity index is 1080. The fourth-order valence-electron chi connectivity index (χ4n) is 3.13. The summed E-state index contributed by atoms with van der Waals surface area (Å²) in [6.45, 7) is 3.90. The van der Waals surface area contributed by atoms with Gasteiger partial charge in [-0.05, 0) is 31.5 Å². The number of carboxylic acids is 1. The molecule has 0 fully saturated rings. The lowest BCUT2D eigenvalue weighted by molar-refractivity contribution is 0.0697. The third-order valence-corrected chi connectivity index (χ3v) is 4.45. The minimum absolute atomic E-state index is 0.213. The standard InChI is InChI=1S/C19H15N5O2/c1-11-17(14-5-3-13(7-20)4-6-14)18(19(25)26)12(2)24(11)10-16-15(8-21)9-22-23-16/h3-6,9H,10H2,1-2H3,(H,22,23)(H,25,26). The summed E-state index contributed by atoms with van der Waals surface area (Å²) >= 11 is 0. The Labute approximate surface area is 149 Å². The fraction of sp³-hybridized carbons (Fsp3) is 0.158. The van der Waals surface area contributed by atoms with Gasteiger partial charge in [-0.3, -0.25) is 5.10 Å². The minimum atomic E-state index is -1.02. The molecule has 0 saturated heterocycles. The highest BCUT2D eigenvalue weighted by molar-refractivity contribution is 5.98. The number of nitrogens with zero attached hydrogens (tertiary/aromatic N) is 4.